The first-order valence-corrected chi connectivity index (χ1v) is 14.0. The number of fused-ring (bicyclic) bond motifs is 2. The van der Waals surface area contributed by atoms with Crippen molar-refractivity contribution in [3.63, 3.8) is 0 Å². The van der Waals surface area contributed by atoms with Crippen molar-refractivity contribution < 1.29 is 28.2 Å². The van der Waals surface area contributed by atoms with Crippen LogP contribution in [-0.4, -0.2) is 25.6 Å². The van der Waals surface area contributed by atoms with Gasteiger partial charge in [0.1, 0.15) is 28.3 Å². The van der Waals surface area contributed by atoms with Gasteiger partial charge in [0.05, 0.1) is 18.1 Å². The largest absolute Gasteiger partial charge is 0.484 e. The number of para-hydroxylation sites is 1. The number of benzene rings is 2. The standard InChI is InChI=1S/C31H31NO7S/c1-17(2)20-7-5-6-8-23(20)39-25-15-38-24-14-19(10-12-21(24)29(25)34)37-16-27(33)32-30-28(31(35)36-4)22-11-9-18(3)13-26(22)40-30/h5-8,10,12,14-15,17-18H,9,11,13,16H2,1-4H3,(H,32,33). The van der Waals surface area contributed by atoms with Gasteiger partial charge in [-0.25, -0.2) is 4.79 Å². The van der Waals surface area contributed by atoms with Gasteiger partial charge in [-0.05, 0) is 60.4 Å². The molecule has 2 aromatic heterocycles. The number of anilines is 1. The highest BCUT2D eigenvalue weighted by molar-refractivity contribution is 7.17. The number of rotatable bonds is 8. The van der Waals surface area contributed by atoms with E-state index in [9.17, 15) is 14.4 Å². The summed E-state index contributed by atoms with van der Waals surface area (Å²) in [4.78, 5) is 39.4. The van der Waals surface area contributed by atoms with E-state index in [4.69, 9.17) is 18.6 Å². The van der Waals surface area contributed by atoms with Crippen LogP contribution in [0.25, 0.3) is 11.0 Å². The van der Waals surface area contributed by atoms with Gasteiger partial charge in [-0.1, -0.05) is 39.0 Å². The molecule has 4 aromatic rings. The SMILES string of the molecule is COC(=O)c1c(NC(=O)COc2ccc3c(=O)c(Oc4ccccc4C(C)C)coc3c2)sc2c1CCC(C)C2. The first-order valence-electron chi connectivity index (χ1n) is 13.2. The number of nitrogens with one attached hydrogen (secondary N) is 1. The zero-order chi connectivity index (χ0) is 28.4. The predicted octanol–water partition coefficient (Wildman–Crippen LogP) is 6.70. The first kappa shape index (κ1) is 27.5. The van der Waals surface area contributed by atoms with Crippen LogP contribution in [0.5, 0.6) is 17.2 Å². The number of thiophene rings is 1. The van der Waals surface area contributed by atoms with Crippen molar-refractivity contribution in [2.24, 2.45) is 5.92 Å². The number of esters is 1. The minimum Gasteiger partial charge on any atom is -0.484 e. The van der Waals surface area contributed by atoms with Gasteiger partial charge in [-0.15, -0.1) is 11.3 Å². The summed E-state index contributed by atoms with van der Waals surface area (Å²) in [7, 11) is 1.34. The van der Waals surface area contributed by atoms with Gasteiger partial charge in [0, 0.05) is 10.9 Å². The molecule has 0 bridgehead atoms. The van der Waals surface area contributed by atoms with E-state index in [1.165, 1.54) is 24.7 Å². The fourth-order valence-electron chi connectivity index (χ4n) is 4.89. The molecule has 0 saturated heterocycles. The molecule has 5 rings (SSSR count). The van der Waals surface area contributed by atoms with E-state index < -0.39 is 11.9 Å². The van der Waals surface area contributed by atoms with Gasteiger partial charge in [0.25, 0.3) is 5.91 Å². The van der Waals surface area contributed by atoms with Gasteiger partial charge in [0.15, 0.2) is 6.61 Å². The molecular formula is C31H31NO7S. The van der Waals surface area contributed by atoms with Gasteiger partial charge >= 0.3 is 5.97 Å². The third kappa shape index (κ3) is 5.60. The van der Waals surface area contributed by atoms with Crippen LogP contribution in [-0.2, 0) is 22.4 Å². The second-order valence-electron chi connectivity index (χ2n) is 10.3. The monoisotopic (exact) mass is 561 g/mol. The van der Waals surface area contributed by atoms with Crippen molar-refractivity contribution in [3.8, 4) is 17.2 Å². The van der Waals surface area contributed by atoms with Gasteiger partial charge in [-0.2, -0.15) is 0 Å². The van der Waals surface area contributed by atoms with Crippen molar-refractivity contribution in [2.45, 2.75) is 46.0 Å². The Morgan fingerprint density at radius 2 is 1.95 bits per heavy atom. The number of hydrogen-bond acceptors (Lipinski definition) is 8. The molecular weight excluding hydrogens is 530 g/mol. The summed E-state index contributed by atoms with van der Waals surface area (Å²) in [5.41, 5.74) is 2.38. The molecule has 0 aliphatic heterocycles. The maximum atomic E-state index is 13.1. The maximum absolute atomic E-state index is 13.1. The summed E-state index contributed by atoms with van der Waals surface area (Å²) < 4.78 is 22.3. The van der Waals surface area contributed by atoms with Gasteiger partial charge < -0.3 is 23.9 Å². The fraction of sp³-hybridized carbons (Fsp3) is 0.323. The summed E-state index contributed by atoms with van der Waals surface area (Å²) >= 11 is 1.42. The number of ether oxygens (including phenoxy) is 3. The molecule has 40 heavy (non-hydrogen) atoms. The van der Waals surface area contributed by atoms with E-state index in [0.717, 1.165) is 35.3 Å². The smallest absolute Gasteiger partial charge is 0.341 e. The average molecular weight is 562 g/mol. The number of amides is 1. The second kappa shape index (κ2) is 11.6. The minimum absolute atomic E-state index is 0.0862. The molecule has 0 spiro atoms. The molecule has 0 fully saturated rings. The molecule has 2 aromatic carbocycles. The molecule has 1 aliphatic carbocycles. The molecule has 208 valence electrons. The second-order valence-corrected chi connectivity index (χ2v) is 11.4. The lowest BCUT2D eigenvalue weighted by molar-refractivity contribution is -0.118. The van der Waals surface area contributed by atoms with E-state index in [1.54, 1.807) is 18.2 Å². The number of methoxy groups -OCH3 is 1. The third-order valence-corrected chi connectivity index (χ3v) is 8.17. The van der Waals surface area contributed by atoms with Crippen LogP contribution in [0.2, 0.25) is 0 Å². The Kier molecular flexibility index (Phi) is 7.93. The minimum atomic E-state index is -0.455. The molecule has 2 heterocycles. The van der Waals surface area contributed by atoms with Crippen LogP contribution in [0.3, 0.4) is 0 Å². The topological polar surface area (TPSA) is 104 Å². The van der Waals surface area contributed by atoms with Crippen molar-refractivity contribution in [1.82, 2.24) is 0 Å². The van der Waals surface area contributed by atoms with Crippen LogP contribution in [0, 0.1) is 5.92 Å². The first-order chi connectivity index (χ1) is 19.2. The molecule has 8 nitrogen and oxygen atoms in total. The Morgan fingerprint density at radius 1 is 1.15 bits per heavy atom. The van der Waals surface area contributed by atoms with Crippen LogP contribution in [0.1, 0.15) is 59.5 Å². The molecule has 1 aliphatic rings. The van der Waals surface area contributed by atoms with Crippen LogP contribution in [0.15, 0.2) is 57.9 Å². The van der Waals surface area contributed by atoms with Gasteiger partial charge in [0.2, 0.25) is 11.2 Å². The molecule has 1 N–H and O–H groups in total. The van der Waals surface area contributed by atoms with Crippen LogP contribution >= 0.6 is 11.3 Å². The van der Waals surface area contributed by atoms with E-state index in [0.29, 0.717) is 39.0 Å². The molecule has 9 heteroatoms. The van der Waals surface area contributed by atoms with Crippen molar-refractivity contribution in [3.05, 3.63) is 80.5 Å². The summed E-state index contributed by atoms with van der Waals surface area (Å²) in [5.74, 6) is 0.929. The molecule has 1 amide bonds. The summed E-state index contributed by atoms with van der Waals surface area (Å²) in [6, 6.07) is 12.3. The highest BCUT2D eigenvalue weighted by Gasteiger charge is 2.29. The molecule has 0 saturated carbocycles. The molecule has 0 radical (unpaired) electrons. The van der Waals surface area contributed by atoms with Crippen molar-refractivity contribution >= 4 is 39.2 Å². The van der Waals surface area contributed by atoms with Crippen LogP contribution in [0.4, 0.5) is 5.00 Å². The zero-order valence-corrected chi connectivity index (χ0v) is 23.7. The Bertz CT molecular complexity index is 1630. The molecule has 1 atom stereocenters. The maximum Gasteiger partial charge on any atom is 0.341 e. The third-order valence-electron chi connectivity index (χ3n) is 7.00. The predicted molar refractivity (Wildman–Crippen MR) is 154 cm³/mol. The van der Waals surface area contributed by atoms with Crippen molar-refractivity contribution in [2.75, 3.05) is 19.0 Å². The highest BCUT2D eigenvalue weighted by Crippen LogP contribution is 2.40. The number of hydrogen-bond donors (Lipinski definition) is 1. The highest BCUT2D eigenvalue weighted by atomic mass is 32.1. The quantitative estimate of drug-likeness (QED) is 0.239. The van der Waals surface area contributed by atoms with Crippen molar-refractivity contribution in [1.29, 1.82) is 0 Å². The average Bonchev–Trinajstić information content (AvgIpc) is 3.29. The fourth-order valence-corrected chi connectivity index (χ4v) is 6.30. The van der Waals surface area contributed by atoms with E-state index in [2.05, 4.69) is 26.1 Å². The lowest BCUT2D eigenvalue weighted by atomic mass is 9.88. The molecule has 1 unspecified atom stereocenters. The Hall–Kier alpha value is -4.11. The summed E-state index contributed by atoms with van der Waals surface area (Å²) in [6.45, 7) is 6.00. The van der Waals surface area contributed by atoms with E-state index in [-0.39, 0.29) is 23.7 Å². The summed E-state index contributed by atoms with van der Waals surface area (Å²) in [6.07, 6.45) is 3.92. The number of carbonyl (C=O) groups excluding carboxylic acids is 2. The number of carbonyl (C=O) groups is 2. The van der Waals surface area contributed by atoms with Gasteiger partial charge in [-0.3, -0.25) is 9.59 Å². The Morgan fingerprint density at radius 3 is 2.73 bits per heavy atom. The normalized spacial score (nSPS) is 14.6. The zero-order valence-electron chi connectivity index (χ0n) is 22.9. The lowest BCUT2D eigenvalue weighted by Crippen LogP contribution is -2.21. The Balaban J connectivity index is 1.29. The lowest BCUT2D eigenvalue weighted by Gasteiger charge is -2.18. The van der Waals surface area contributed by atoms with Crippen LogP contribution < -0.4 is 20.2 Å². The van der Waals surface area contributed by atoms with E-state index in [1.807, 2.05) is 24.3 Å². The summed E-state index contributed by atoms with van der Waals surface area (Å²) in [5, 5.41) is 3.63. The van der Waals surface area contributed by atoms with E-state index >= 15 is 0 Å². The Labute approximate surface area is 235 Å².